The van der Waals surface area contributed by atoms with E-state index >= 15 is 0 Å². The summed E-state index contributed by atoms with van der Waals surface area (Å²) in [6, 6.07) is 32.9. The van der Waals surface area contributed by atoms with Crippen LogP contribution in [0.15, 0.2) is 91.0 Å². The number of hydrogen-bond donors (Lipinski definition) is 2. The standard InChI is InChI=1S/2C8H9NO4.3C6H5.Sb/c2*10-7-5-3-1-2-4(13-3)6(5)8(11)9(7)12;3*1-2-4-6-5-3-1;/h2*3-6,12H,1-2H2;3*1-5H;/t2*3-,4+,5?,6?;;;;. The van der Waals surface area contributed by atoms with Crippen molar-refractivity contribution in [2.75, 3.05) is 0 Å². The van der Waals surface area contributed by atoms with Crippen molar-refractivity contribution in [3.8, 4) is 0 Å². The van der Waals surface area contributed by atoms with Gasteiger partial charge in [0.25, 0.3) is 23.6 Å². The SMILES string of the molecule is O=C1C2C(C(=O)N1O)[C@H]1CC[C@@H]2O1.O=C1C2C(C(=O)N1O)[C@H]1CC[C@@H]2O1.c1cc[c]([Sb]([c]2ccccc2)[c]2ccccc2)cc1. The molecule has 0 radical (unpaired) electrons. The second-order valence-corrected chi connectivity index (χ2v) is 18.3. The number of rotatable bonds is 3. The third kappa shape index (κ3) is 5.32. The Hall–Kier alpha value is -3.40. The Labute approximate surface area is 267 Å². The Bertz CT molecular complexity index is 1380. The van der Waals surface area contributed by atoms with E-state index in [4.69, 9.17) is 19.9 Å². The summed E-state index contributed by atoms with van der Waals surface area (Å²) >= 11 is -1.83. The van der Waals surface area contributed by atoms with Crippen LogP contribution in [0.1, 0.15) is 25.7 Å². The summed E-state index contributed by atoms with van der Waals surface area (Å²) in [6.45, 7) is 0. The van der Waals surface area contributed by atoms with Crippen LogP contribution in [-0.4, -0.2) is 88.8 Å². The number of carbonyl (C=O) groups is 4. The van der Waals surface area contributed by atoms with Gasteiger partial charge in [-0.1, -0.05) is 0 Å². The van der Waals surface area contributed by atoms with Crippen molar-refractivity contribution >= 4 is 54.4 Å². The maximum absolute atomic E-state index is 11.4. The van der Waals surface area contributed by atoms with Gasteiger partial charge in [-0.05, 0) is 25.7 Å². The van der Waals surface area contributed by atoms with Crippen molar-refractivity contribution in [1.29, 1.82) is 0 Å². The number of imide groups is 2. The van der Waals surface area contributed by atoms with Gasteiger partial charge in [0.2, 0.25) is 0 Å². The number of ether oxygens (including phenoxy) is 2. The average molecular weight is 719 g/mol. The summed E-state index contributed by atoms with van der Waals surface area (Å²) in [6.07, 6.45) is 2.79. The van der Waals surface area contributed by atoms with Gasteiger partial charge in [-0.2, -0.15) is 10.1 Å². The molecule has 4 amide bonds. The summed E-state index contributed by atoms with van der Waals surface area (Å²) in [5.74, 6) is -3.56. The molecule has 3 aromatic carbocycles. The van der Waals surface area contributed by atoms with Gasteiger partial charge < -0.3 is 9.47 Å². The molecule has 45 heavy (non-hydrogen) atoms. The Kier molecular flexibility index (Phi) is 8.35. The molecule has 6 saturated heterocycles. The molecule has 0 spiro atoms. The predicted molar refractivity (Wildman–Crippen MR) is 161 cm³/mol. The molecule has 6 heterocycles. The van der Waals surface area contributed by atoms with Crippen molar-refractivity contribution in [1.82, 2.24) is 10.1 Å². The van der Waals surface area contributed by atoms with E-state index in [2.05, 4.69) is 91.0 Å². The van der Waals surface area contributed by atoms with Gasteiger partial charge in [-0.3, -0.25) is 29.6 Å². The zero-order chi connectivity index (χ0) is 31.2. The molecule has 6 aliphatic rings. The molecular formula is C34H33N2O8Sb. The van der Waals surface area contributed by atoms with Crippen molar-refractivity contribution in [3.63, 3.8) is 0 Å². The number of hydrogen-bond acceptors (Lipinski definition) is 8. The monoisotopic (exact) mass is 718 g/mol. The van der Waals surface area contributed by atoms with Crippen LogP contribution in [0.25, 0.3) is 0 Å². The Morgan fingerprint density at radius 2 is 0.711 bits per heavy atom. The Morgan fingerprint density at radius 1 is 0.467 bits per heavy atom. The molecule has 2 N–H and O–H groups in total. The number of hydroxylamine groups is 4. The number of benzene rings is 3. The van der Waals surface area contributed by atoms with Crippen molar-refractivity contribution in [2.24, 2.45) is 23.7 Å². The molecule has 0 aromatic heterocycles. The van der Waals surface area contributed by atoms with Crippen LogP contribution in [0.2, 0.25) is 0 Å². The molecule has 4 unspecified atom stereocenters. The summed E-state index contributed by atoms with van der Waals surface area (Å²) in [5, 5.41) is 18.8. The Morgan fingerprint density at radius 3 is 0.956 bits per heavy atom. The molecule has 3 aromatic rings. The molecule has 6 aliphatic heterocycles. The first-order valence-corrected chi connectivity index (χ1v) is 19.1. The summed E-state index contributed by atoms with van der Waals surface area (Å²) in [5.41, 5.74) is 0. The topological polar surface area (TPSA) is 134 Å². The molecule has 8 atom stereocenters. The van der Waals surface area contributed by atoms with E-state index in [0.29, 0.717) is 0 Å². The van der Waals surface area contributed by atoms with E-state index in [1.54, 1.807) is 0 Å². The second kappa shape index (κ2) is 12.4. The van der Waals surface area contributed by atoms with Crippen LogP contribution >= 0.6 is 0 Å². The summed E-state index contributed by atoms with van der Waals surface area (Å²) < 4.78 is 15.4. The molecule has 10 nitrogen and oxygen atoms in total. The molecule has 6 fully saturated rings. The molecule has 4 bridgehead atoms. The van der Waals surface area contributed by atoms with E-state index in [9.17, 15) is 19.2 Å². The number of carbonyl (C=O) groups excluding carboxylic acids is 4. The van der Waals surface area contributed by atoms with Crippen molar-refractivity contribution < 1.29 is 39.1 Å². The van der Waals surface area contributed by atoms with Crippen molar-refractivity contribution in [2.45, 2.75) is 50.1 Å². The molecule has 11 heteroatoms. The first kappa shape index (κ1) is 30.3. The zero-order valence-electron chi connectivity index (χ0n) is 24.3. The fourth-order valence-corrected chi connectivity index (χ4v) is 14.2. The normalized spacial score (nSPS) is 32.0. The average Bonchev–Trinajstić information content (AvgIpc) is 3.94. The van der Waals surface area contributed by atoms with Crippen LogP contribution in [0, 0.1) is 23.7 Å². The zero-order valence-corrected chi connectivity index (χ0v) is 26.8. The maximum atomic E-state index is 11.4. The van der Waals surface area contributed by atoms with Crippen LogP contribution < -0.4 is 10.5 Å². The fourth-order valence-electron chi connectivity index (χ4n) is 7.57. The quantitative estimate of drug-likeness (QED) is 0.235. The van der Waals surface area contributed by atoms with Gasteiger partial charge in [0.1, 0.15) is 0 Å². The number of amides is 4. The van der Waals surface area contributed by atoms with Gasteiger partial charge in [0.05, 0.1) is 48.1 Å². The predicted octanol–water partition coefficient (Wildman–Crippen LogP) is 1.28. The van der Waals surface area contributed by atoms with Gasteiger partial charge in [-0.25, -0.2) is 0 Å². The van der Waals surface area contributed by atoms with E-state index in [1.165, 1.54) is 10.5 Å². The fraction of sp³-hybridized carbons (Fsp3) is 0.353. The third-order valence-corrected chi connectivity index (χ3v) is 16.5. The first-order valence-electron chi connectivity index (χ1n) is 15.2. The first-order chi connectivity index (χ1) is 21.8. The third-order valence-electron chi connectivity index (χ3n) is 9.57. The van der Waals surface area contributed by atoms with Crippen LogP contribution in [0.3, 0.4) is 0 Å². The number of fused-ring (bicyclic) bond motifs is 10. The molecular weight excluding hydrogens is 686 g/mol. The van der Waals surface area contributed by atoms with E-state index < -0.39 is 67.5 Å². The van der Waals surface area contributed by atoms with Gasteiger partial charge in [0, 0.05) is 0 Å². The van der Waals surface area contributed by atoms with Crippen molar-refractivity contribution in [3.05, 3.63) is 91.0 Å². The second-order valence-electron chi connectivity index (χ2n) is 12.0. The molecule has 9 rings (SSSR count). The van der Waals surface area contributed by atoms with E-state index in [1.807, 2.05) is 0 Å². The molecule has 0 aliphatic carbocycles. The van der Waals surface area contributed by atoms with Crippen LogP contribution in [-0.2, 0) is 28.7 Å². The van der Waals surface area contributed by atoms with Crippen LogP contribution in [0.5, 0.6) is 0 Å². The minimum absolute atomic E-state index is 0.136. The summed E-state index contributed by atoms with van der Waals surface area (Å²) in [7, 11) is 0. The van der Waals surface area contributed by atoms with Gasteiger partial charge in [-0.15, -0.1) is 0 Å². The summed E-state index contributed by atoms with van der Waals surface area (Å²) in [4.78, 5) is 45.4. The van der Waals surface area contributed by atoms with E-state index in [0.717, 1.165) is 25.7 Å². The van der Waals surface area contributed by atoms with Gasteiger partial charge in [0.15, 0.2) is 0 Å². The van der Waals surface area contributed by atoms with Crippen LogP contribution in [0.4, 0.5) is 0 Å². The Balaban J connectivity index is 0.000000111. The minimum atomic E-state index is -1.83. The molecule has 232 valence electrons. The van der Waals surface area contributed by atoms with E-state index in [-0.39, 0.29) is 34.5 Å². The number of nitrogens with zero attached hydrogens (tertiary/aromatic N) is 2. The van der Waals surface area contributed by atoms with Gasteiger partial charge >= 0.3 is 122 Å². The molecule has 0 saturated carbocycles.